The van der Waals surface area contributed by atoms with E-state index in [0.717, 1.165) is 63.7 Å². The van der Waals surface area contributed by atoms with Crippen molar-refractivity contribution < 1.29 is 19.4 Å². The first-order valence-corrected chi connectivity index (χ1v) is 15.0. The maximum Gasteiger partial charge on any atom is 0.323 e. The van der Waals surface area contributed by atoms with Crippen LogP contribution in [-0.4, -0.2) is 78.3 Å². The maximum absolute atomic E-state index is 13.2. The lowest BCUT2D eigenvalue weighted by Gasteiger charge is -2.39. The topological polar surface area (TPSA) is 94.1 Å². The summed E-state index contributed by atoms with van der Waals surface area (Å²) in [6.45, 7) is 4.92. The summed E-state index contributed by atoms with van der Waals surface area (Å²) in [6, 6.07) is 17.8. The molecule has 4 unspecified atom stereocenters. The van der Waals surface area contributed by atoms with Crippen LogP contribution in [0.1, 0.15) is 48.8 Å². The summed E-state index contributed by atoms with van der Waals surface area (Å²) in [6.07, 6.45) is 5.33. The minimum atomic E-state index is -0.621. The number of amides is 2. The van der Waals surface area contributed by atoms with Gasteiger partial charge >= 0.3 is 12.0 Å². The molecule has 0 aliphatic carbocycles. The fourth-order valence-electron chi connectivity index (χ4n) is 6.60. The Bertz CT molecular complexity index is 1110. The molecule has 0 bridgehead atoms. The van der Waals surface area contributed by atoms with Crippen molar-refractivity contribution in [3.05, 3.63) is 71.3 Å². The van der Waals surface area contributed by atoms with Gasteiger partial charge in [-0.1, -0.05) is 61.0 Å². The number of urea groups is 1. The van der Waals surface area contributed by atoms with E-state index in [-0.39, 0.29) is 43.0 Å². The predicted molar refractivity (Wildman–Crippen MR) is 154 cm³/mol. The molecule has 2 aromatic rings. The third kappa shape index (κ3) is 7.62. The molecule has 216 valence electrons. The molecule has 40 heavy (non-hydrogen) atoms. The monoisotopic (exact) mass is 548 g/mol. The van der Waals surface area contributed by atoms with Crippen LogP contribution in [0.5, 0.6) is 0 Å². The zero-order chi connectivity index (χ0) is 27.7. The predicted octanol–water partition coefficient (Wildman–Crippen LogP) is 3.33. The summed E-state index contributed by atoms with van der Waals surface area (Å²) >= 11 is 0. The number of likely N-dealkylation sites (tertiary alicyclic amines) is 1. The molecule has 2 saturated heterocycles. The summed E-state index contributed by atoms with van der Waals surface area (Å²) in [5, 5.41) is 17.1. The van der Waals surface area contributed by atoms with Gasteiger partial charge in [0.1, 0.15) is 12.6 Å². The molecular weight excluding hydrogens is 504 g/mol. The van der Waals surface area contributed by atoms with Gasteiger partial charge in [-0.25, -0.2) is 4.79 Å². The van der Waals surface area contributed by atoms with E-state index in [2.05, 4.69) is 39.8 Å². The Morgan fingerprint density at radius 2 is 1.80 bits per heavy atom. The number of nitrogens with zero attached hydrogens (tertiary/aromatic N) is 2. The Morgan fingerprint density at radius 1 is 1.00 bits per heavy atom. The first-order chi connectivity index (χ1) is 19.6. The molecule has 0 aromatic heterocycles. The van der Waals surface area contributed by atoms with E-state index in [0.29, 0.717) is 19.6 Å². The fourth-order valence-corrected chi connectivity index (χ4v) is 6.60. The van der Waals surface area contributed by atoms with E-state index in [1.165, 1.54) is 11.1 Å². The standard InChI is InChI=1S/C32H44N4O4/c37-28(22-35-18-15-25-11-4-5-12-26(25)20-35)19-34-32(39)36-17-8-13-27(21-36)29-14-6-7-16-33-30(29)31(38)40-23-24-9-2-1-3-10-24/h1-5,9-12,27-30,33,37H,6-8,13-23H2,(H,34,39). The number of esters is 1. The van der Waals surface area contributed by atoms with Crippen molar-refractivity contribution in [2.75, 3.05) is 39.3 Å². The van der Waals surface area contributed by atoms with Crippen molar-refractivity contribution in [3.63, 3.8) is 0 Å². The molecule has 0 radical (unpaired) electrons. The minimum Gasteiger partial charge on any atom is -0.460 e. The number of carbonyl (C=O) groups is 2. The second-order valence-electron chi connectivity index (χ2n) is 11.6. The van der Waals surface area contributed by atoms with Crippen LogP contribution < -0.4 is 10.6 Å². The highest BCUT2D eigenvalue weighted by atomic mass is 16.5. The van der Waals surface area contributed by atoms with Crippen molar-refractivity contribution in [1.82, 2.24) is 20.4 Å². The van der Waals surface area contributed by atoms with Gasteiger partial charge in [-0.15, -0.1) is 0 Å². The molecule has 3 heterocycles. The summed E-state index contributed by atoms with van der Waals surface area (Å²) in [4.78, 5) is 30.4. The van der Waals surface area contributed by atoms with E-state index >= 15 is 0 Å². The first-order valence-electron chi connectivity index (χ1n) is 15.0. The van der Waals surface area contributed by atoms with Gasteiger partial charge in [-0.05, 0) is 67.2 Å². The number of piperidine rings is 1. The van der Waals surface area contributed by atoms with Crippen LogP contribution >= 0.6 is 0 Å². The SMILES string of the molecule is O=C(OCc1ccccc1)C1NCCCCC1C1CCCN(C(=O)NCC(O)CN2CCc3ccccc3C2)C1. The van der Waals surface area contributed by atoms with Gasteiger partial charge in [-0.2, -0.15) is 0 Å². The summed E-state index contributed by atoms with van der Waals surface area (Å²) in [7, 11) is 0. The lowest BCUT2D eigenvalue weighted by Crippen LogP contribution is -2.52. The largest absolute Gasteiger partial charge is 0.460 e. The Labute approximate surface area is 238 Å². The highest BCUT2D eigenvalue weighted by Gasteiger charge is 2.38. The number of aliphatic hydroxyl groups is 1. The molecule has 2 fully saturated rings. The van der Waals surface area contributed by atoms with E-state index < -0.39 is 6.10 Å². The molecule has 8 heteroatoms. The molecule has 2 aromatic carbocycles. The van der Waals surface area contributed by atoms with Gasteiger partial charge in [0.2, 0.25) is 0 Å². The van der Waals surface area contributed by atoms with E-state index in [9.17, 15) is 14.7 Å². The first kappa shape index (κ1) is 28.6. The summed E-state index contributed by atoms with van der Waals surface area (Å²) in [5.74, 6) is 0.174. The van der Waals surface area contributed by atoms with E-state index in [1.54, 1.807) is 0 Å². The summed E-state index contributed by atoms with van der Waals surface area (Å²) < 4.78 is 5.74. The van der Waals surface area contributed by atoms with Crippen LogP contribution in [0, 0.1) is 11.8 Å². The molecule has 8 nitrogen and oxygen atoms in total. The van der Waals surface area contributed by atoms with Gasteiger partial charge in [-0.3, -0.25) is 9.69 Å². The zero-order valence-electron chi connectivity index (χ0n) is 23.5. The van der Waals surface area contributed by atoms with E-state index in [1.807, 2.05) is 35.2 Å². The zero-order valence-corrected chi connectivity index (χ0v) is 23.5. The van der Waals surface area contributed by atoms with Crippen LogP contribution in [0.15, 0.2) is 54.6 Å². The van der Waals surface area contributed by atoms with Crippen LogP contribution in [0.25, 0.3) is 0 Å². The number of hydrogen-bond acceptors (Lipinski definition) is 6. The Kier molecular flexibility index (Phi) is 10.1. The number of benzene rings is 2. The average Bonchev–Trinajstić information content (AvgIpc) is 3.26. The van der Waals surface area contributed by atoms with Crippen LogP contribution in [-0.2, 0) is 29.1 Å². The Hall–Kier alpha value is -2.94. The third-order valence-electron chi connectivity index (χ3n) is 8.75. The number of ether oxygens (including phenoxy) is 1. The van der Waals surface area contributed by atoms with Gasteiger partial charge in [0.25, 0.3) is 0 Å². The Balaban J connectivity index is 1.11. The second kappa shape index (κ2) is 14.1. The number of fused-ring (bicyclic) bond motifs is 1. The molecule has 5 rings (SSSR count). The van der Waals surface area contributed by atoms with Gasteiger partial charge in [0, 0.05) is 39.3 Å². The summed E-state index contributed by atoms with van der Waals surface area (Å²) in [5.41, 5.74) is 3.69. The van der Waals surface area contributed by atoms with Gasteiger partial charge < -0.3 is 25.4 Å². The highest BCUT2D eigenvalue weighted by Crippen LogP contribution is 2.32. The number of carbonyl (C=O) groups excluding carboxylic acids is 2. The van der Waals surface area contributed by atoms with E-state index in [4.69, 9.17) is 4.74 Å². The molecule has 3 N–H and O–H groups in total. The van der Waals surface area contributed by atoms with Crippen molar-refractivity contribution in [3.8, 4) is 0 Å². The van der Waals surface area contributed by atoms with Crippen molar-refractivity contribution in [1.29, 1.82) is 0 Å². The maximum atomic E-state index is 13.2. The normalized spacial score (nSPS) is 24.4. The second-order valence-corrected chi connectivity index (χ2v) is 11.6. The number of rotatable bonds is 8. The van der Waals surface area contributed by atoms with Crippen LogP contribution in [0.3, 0.4) is 0 Å². The molecule has 0 saturated carbocycles. The lowest BCUT2D eigenvalue weighted by atomic mass is 9.78. The lowest BCUT2D eigenvalue weighted by molar-refractivity contribution is -0.150. The number of hydrogen-bond donors (Lipinski definition) is 3. The fraction of sp³-hybridized carbons (Fsp3) is 0.562. The van der Waals surface area contributed by atoms with Crippen molar-refractivity contribution in [2.45, 2.75) is 63.8 Å². The molecule has 2 amide bonds. The molecule has 3 aliphatic heterocycles. The van der Waals surface area contributed by atoms with Crippen molar-refractivity contribution >= 4 is 12.0 Å². The van der Waals surface area contributed by atoms with Gasteiger partial charge in [0.15, 0.2) is 0 Å². The minimum absolute atomic E-state index is 0.127. The number of nitrogens with one attached hydrogen (secondary N) is 2. The van der Waals surface area contributed by atoms with Crippen LogP contribution in [0.4, 0.5) is 4.79 Å². The quantitative estimate of drug-likeness (QED) is 0.438. The number of aliphatic hydroxyl groups excluding tert-OH is 1. The Morgan fingerprint density at radius 3 is 2.65 bits per heavy atom. The average molecular weight is 549 g/mol. The van der Waals surface area contributed by atoms with Gasteiger partial charge in [0.05, 0.1) is 6.10 Å². The number of β-amino-alcohol motifs (C(OH)–C–C–N with tert-alkyl or cyclic N) is 1. The molecule has 0 spiro atoms. The third-order valence-corrected chi connectivity index (χ3v) is 8.75. The molecular formula is C32H44N4O4. The highest BCUT2D eigenvalue weighted by molar-refractivity contribution is 5.76. The molecule has 3 aliphatic rings. The van der Waals surface area contributed by atoms with Crippen molar-refractivity contribution in [2.24, 2.45) is 11.8 Å². The molecule has 4 atom stereocenters. The smallest absolute Gasteiger partial charge is 0.323 e. The van der Waals surface area contributed by atoms with Crippen LogP contribution in [0.2, 0.25) is 0 Å².